The molecule has 2 aromatic carbocycles. The fourth-order valence-corrected chi connectivity index (χ4v) is 4.52. The van der Waals surface area contributed by atoms with Crippen LogP contribution in [0.25, 0.3) is 0 Å². The number of carbonyl (C=O) groups excluding carboxylic acids is 3. The standard InChI is InChI=1S/C24H25ClN4O3/c1-13-9-14(2)11-16(10-13)26-22(30)15(3)29-12-19-20(23(29)31)21(27-24(32)28(19)4)17-7-5-6-8-18(17)25/h5-11,15,21H,12H2,1-4H3,(H,26,30)(H,27,32). The van der Waals surface area contributed by atoms with Gasteiger partial charge in [-0.15, -0.1) is 0 Å². The van der Waals surface area contributed by atoms with E-state index in [4.69, 9.17) is 11.6 Å². The first kappa shape index (κ1) is 21.9. The van der Waals surface area contributed by atoms with E-state index in [1.807, 2.05) is 38.1 Å². The van der Waals surface area contributed by atoms with Gasteiger partial charge in [-0.3, -0.25) is 14.5 Å². The lowest BCUT2D eigenvalue weighted by Crippen LogP contribution is -2.45. The van der Waals surface area contributed by atoms with Gasteiger partial charge in [-0.1, -0.05) is 35.9 Å². The van der Waals surface area contributed by atoms with Crippen molar-refractivity contribution in [2.75, 3.05) is 18.9 Å². The van der Waals surface area contributed by atoms with Crippen LogP contribution in [0.5, 0.6) is 0 Å². The second kappa shape index (κ2) is 8.31. The summed E-state index contributed by atoms with van der Waals surface area (Å²) in [5, 5.41) is 6.23. The number of urea groups is 1. The maximum absolute atomic E-state index is 13.5. The number of benzene rings is 2. The average molecular weight is 453 g/mol. The van der Waals surface area contributed by atoms with Crippen LogP contribution >= 0.6 is 11.6 Å². The molecular weight excluding hydrogens is 428 g/mol. The topological polar surface area (TPSA) is 81.8 Å². The number of aryl methyl sites for hydroxylation is 2. The first-order valence-corrected chi connectivity index (χ1v) is 10.8. The first-order valence-electron chi connectivity index (χ1n) is 10.4. The van der Waals surface area contributed by atoms with Crippen LogP contribution in [-0.4, -0.2) is 47.3 Å². The second-order valence-corrected chi connectivity index (χ2v) is 8.71. The van der Waals surface area contributed by atoms with E-state index in [2.05, 4.69) is 10.6 Å². The summed E-state index contributed by atoms with van der Waals surface area (Å²) >= 11 is 6.37. The van der Waals surface area contributed by atoms with Crippen LogP contribution in [-0.2, 0) is 9.59 Å². The van der Waals surface area contributed by atoms with Crippen molar-refractivity contribution in [2.24, 2.45) is 0 Å². The summed E-state index contributed by atoms with van der Waals surface area (Å²) in [5.41, 5.74) is 4.42. The minimum absolute atomic E-state index is 0.167. The predicted molar refractivity (Wildman–Crippen MR) is 123 cm³/mol. The van der Waals surface area contributed by atoms with Crippen LogP contribution in [0.15, 0.2) is 53.7 Å². The molecule has 2 N–H and O–H groups in total. The van der Waals surface area contributed by atoms with Gasteiger partial charge >= 0.3 is 6.03 Å². The third-order valence-electron chi connectivity index (χ3n) is 5.94. The number of halogens is 1. The number of hydrogen-bond acceptors (Lipinski definition) is 3. The highest BCUT2D eigenvalue weighted by Gasteiger charge is 2.45. The lowest BCUT2D eigenvalue weighted by molar-refractivity contribution is -0.133. The number of hydrogen-bond donors (Lipinski definition) is 2. The third-order valence-corrected chi connectivity index (χ3v) is 6.28. The lowest BCUT2D eigenvalue weighted by Gasteiger charge is -2.31. The lowest BCUT2D eigenvalue weighted by atomic mass is 9.95. The van der Waals surface area contributed by atoms with Crippen molar-refractivity contribution in [3.63, 3.8) is 0 Å². The number of nitrogens with one attached hydrogen (secondary N) is 2. The summed E-state index contributed by atoms with van der Waals surface area (Å²) in [4.78, 5) is 41.9. The number of amides is 4. The number of nitrogens with zero attached hydrogens (tertiary/aromatic N) is 2. The second-order valence-electron chi connectivity index (χ2n) is 8.30. The Morgan fingerprint density at radius 2 is 1.81 bits per heavy atom. The highest BCUT2D eigenvalue weighted by molar-refractivity contribution is 6.31. The molecule has 2 heterocycles. The van der Waals surface area contributed by atoms with Gasteiger partial charge in [0.25, 0.3) is 5.91 Å². The van der Waals surface area contributed by atoms with E-state index in [0.717, 1.165) is 11.1 Å². The molecule has 0 bridgehead atoms. The zero-order valence-corrected chi connectivity index (χ0v) is 19.2. The van der Waals surface area contributed by atoms with Crippen molar-refractivity contribution in [3.05, 3.63) is 75.4 Å². The molecule has 4 rings (SSSR count). The predicted octanol–water partition coefficient (Wildman–Crippen LogP) is 3.78. The highest BCUT2D eigenvalue weighted by atomic mass is 35.5. The van der Waals surface area contributed by atoms with Gasteiger partial charge in [0.15, 0.2) is 0 Å². The third kappa shape index (κ3) is 3.84. The van der Waals surface area contributed by atoms with Crippen LogP contribution in [0.4, 0.5) is 10.5 Å². The van der Waals surface area contributed by atoms with Crippen LogP contribution < -0.4 is 10.6 Å². The number of carbonyl (C=O) groups is 3. The monoisotopic (exact) mass is 452 g/mol. The molecule has 2 unspecified atom stereocenters. The maximum Gasteiger partial charge on any atom is 0.322 e. The minimum atomic E-state index is -0.732. The van der Waals surface area contributed by atoms with Crippen LogP contribution in [0.3, 0.4) is 0 Å². The van der Waals surface area contributed by atoms with Gasteiger partial charge in [0.05, 0.1) is 23.9 Å². The number of likely N-dealkylation sites (N-methyl/N-ethyl adjacent to an activating group) is 1. The quantitative estimate of drug-likeness (QED) is 0.740. The number of rotatable bonds is 4. The molecule has 2 aliphatic heterocycles. The zero-order valence-electron chi connectivity index (χ0n) is 18.4. The molecular formula is C24H25ClN4O3. The zero-order chi connectivity index (χ0) is 23.2. The Bertz CT molecular complexity index is 1140. The molecule has 166 valence electrons. The van der Waals surface area contributed by atoms with Gasteiger partial charge in [-0.25, -0.2) is 4.79 Å². The normalized spacial score (nSPS) is 19.1. The van der Waals surface area contributed by atoms with Crippen molar-refractivity contribution in [3.8, 4) is 0 Å². The first-order chi connectivity index (χ1) is 15.2. The Balaban J connectivity index is 1.61. The van der Waals surface area contributed by atoms with Gasteiger partial charge in [0.1, 0.15) is 6.04 Å². The van der Waals surface area contributed by atoms with Crippen molar-refractivity contribution in [1.29, 1.82) is 0 Å². The Kier molecular flexibility index (Phi) is 5.69. The average Bonchev–Trinajstić information content (AvgIpc) is 3.07. The summed E-state index contributed by atoms with van der Waals surface area (Å²) in [6, 6.07) is 11.2. The van der Waals surface area contributed by atoms with Gasteiger partial charge in [-0.05, 0) is 55.7 Å². The maximum atomic E-state index is 13.5. The van der Waals surface area contributed by atoms with Gasteiger partial charge in [0.2, 0.25) is 5.91 Å². The molecule has 32 heavy (non-hydrogen) atoms. The molecule has 8 heteroatoms. The Labute approximate surface area is 192 Å². The molecule has 0 saturated carbocycles. The summed E-state index contributed by atoms with van der Waals surface area (Å²) < 4.78 is 0. The van der Waals surface area contributed by atoms with Crippen LogP contribution in [0.1, 0.15) is 29.7 Å². The Morgan fingerprint density at radius 3 is 2.47 bits per heavy atom. The fraction of sp³-hybridized carbons (Fsp3) is 0.292. The molecule has 7 nitrogen and oxygen atoms in total. The fourth-order valence-electron chi connectivity index (χ4n) is 4.28. The molecule has 2 aromatic rings. The largest absolute Gasteiger partial charge is 0.326 e. The van der Waals surface area contributed by atoms with Crippen molar-refractivity contribution in [1.82, 2.24) is 15.1 Å². The molecule has 2 atom stereocenters. The van der Waals surface area contributed by atoms with Crippen LogP contribution in [0, 0.1) is 13.8 Å². The van der Waals surface area contributed by atoms with Gasteiger partial charge < -0.3 is 15.5 Å². The van der Waals surface area contributed by atoms with E-state index in [1.165, 1.54) is 9.80 Å². The molecule has 0 radical (unpaired) electrons. The SMILES string of the molecule is Cc1cc(C)cc(NC(=O)C(C)N2CC3=C(C2=O)C(c2ccccc2Cl)NC(=O)N3C)c1. The molecule has 4 amide bonds. The smallest absolute Gasteiger partial charge is 0.322 e. The summed E-state index contributed by atoms with van der Waals surface area (Å²) in [6.07, 6.45) is 0. The molecule has 0 aliphatic carbocycles. The van der Waals surface area contributed by atoms with Gasteiger partial charge in [0, 0.05) is 17.8 Å². The van der Waals surface area contributed by atoms with E-state index < -0.39 is 12.1 Å². The molecule has 0 aromatic heterocycles. The van der Waals surface area contributed by atoms with E-state index in [9.17, 15) is 14.4 Å². The van der Waals surface area contributed by atoms with E-state index >= 15 is 0 Å². The molecule has 0 fully saturated rings. The Hall–Kier alpha value is -3.32. The minimum Gasteiger partial charge on any atom is -0.326 e. The van der Waals surface area contributed by atoms with Gasteiger partial charge in [-0.2, -0.15) is 0 Å². The summed E-state index contributed by atoms with van der Waals surface area (Å²) in [7, 11) is 1.62. The highest BCUT2D eigenvalue weighted by Crippen LogP contribution is 2.38. The van der Waals surface area contributed by atoms with Crippen molar-refractivity contribution in [2.45, 2.75) is 32.9 Å². The Morgan fingerprint density at radius 1 is 1.16 bits per heavy atom. The summed E-state index contributed by atoms with van der Waals surface area (Å²) in [6.45, 7) is 5.78. The van der Waals surface area contributed by atoms with Crippen molar-refractivity contribution >= 4 is 35.1 Å². The molecule has 0 saturated heterocycles. The van der Waals surface area contributed by atoms with Crippen molar-refractivity contribution < 1.29 is 14.4 Å². The van der Waals surface area contributed by atoms with Crippen LogP contribution in [0.2, 0.25) is 5.02 Å². The number of anilines is 1. The van der Waals surface area contributed by atoms with E-state index in [-0.39, 0.29) is 24.4 Å². The molecule has 0 spiro atoms. The van der Waals surface area contributed by atoms with E-state index in [0.29, 0.717) is 27.5 Å². The molecule has 2 aliphatic rings. The van der Waals surface area contributed by atoms with E-state index in [1.54, 1.807) is 32.2 Å². The summed E-state index contributed by atoms with van der Waals surface area (Å²) in [5.74, 6) is -0.584.